The molecule has 3 rings (SSSR count). The fraction of sp³-hybridized carbons (Fsp3) is 0.760. The van der Waals surface area contributed by atoms with Crippen molar-refractivity contribution < 1.29 is 10.2 Å². The Morgan fingerprint density at radius 2 is 2.00 bits per heavy atom. The van der Waals surface area contributed by atoms with E-state index in [2.05, 4.69) is 39.0 Å². The standard InChI is InChI=1S/C25H40O2S/c1-4-25(27,5-2)18-28-17-21-13-14-23-20(9-7-15-24(21,23)3)12-11-19-8-6-10-22(26)16-19/h11-13,22-23,26-27H,4-10,14-18H2,1-3H3/b19-11-,20-12+. The molecule has 0 aliphatic heterocycles. The summed E-state index contributed by atoms with van der Waals surface area (Å²) in [6, 6.07) is 0. The second kappa shape index (κ2) is 9.53. The van der Waals surface area contributed by atoms with Gasteiger partial charge in [0.2, 0.25) is 0 Å². The first kappa shape index (κ1) is 22.2. The van der Waals surface area contributed by atoms with Crippen LogP contribution in [0.4, 0.5) is 0 Å². The Hall–Kier alpha value is -0.510. The number of aliphatic hydroxyl groups is 2. The van der Waals surface area contributed by atoms with Gasteiger partial charge < -0.3 is 10.2 Å². The van der Waals surface area contributed by atoms with Crippen molar-refractivity contribution in [3.63, 3.8) is 0 Å². The summed E-state index contributed by atoms with van der Waals surface area (Å²) in [5, 5.41) is 20.5. The average Bonchev–Trinajstić information content (AvgIpc) is 3.03. The molecule has 0 aromatic carbocycles. The van der Waals surface area contributed by atoms with E-state index in [1.54, 1.807) is 11.1 Å². The van der Waals surface area contributed by atoms with E-state index in [9.17, 15) is 10.2 Å². The zero-order valence-corrected chi connectivity index (χ0v) is 19.0. The van der Waals surface area contributed by atoms with Gasteiger partial charge in [-0.2, -0.15) is 11.8 Å². The molecular formula is C25H40O2S. The lowest BCUT2D eigenvalue weighted by atomic mass is 9.64. The summed E-state index contributed by atoms with van der Waals surface area (Å²) in [7, 11) is 0. The van der Waals surface area contributed by atoms with Gasteiger partial charge in [0.15, 0.2) is 0 Å². The van der Waals surface area contributed by atoms with Crippen LogP contribution in [-0.2, 0) is 0 Å². The lowest BCUT2D eigenvalue weighted by Crippen LogP contribution is -2.32. The Kier molecular flexibility index (Phi) is 7.55. The molecule has 0 saturated heterocycles. The molecule has 3 heteroatoms. The van der Waals surface area contributed by atoms with Crippen LogP contribution in [0.2, 0.25) is 0 Å². The molecule has 3 aliphatic rings. The Balaban J connectivity index is 1.63. The van der Waals surface area contributed by atoms with Crippen molar-refractivity contribution in [3.05, 3.63) is 34.9 Å². The maximum atomic E-state index is 10.6. The van der Waals surface area contributed by atoms with Crippen molar-refractivity contribution in [1.82, 2.24) is 0 Å². The first-order valence-corrected chi connectivity index (χ1v) is 12.6. The molecular weight excluding hydrogens is 364 g/mol. The highest BCUT2D eigenvalue weighted by Gasteiger charge is 2.44. The van der Waals surface area contributed by atoms with Gasteiger partial charge in [-0.25, -0.2) is 0 Å². The van der Waals surface area contributed by atoms with Gasteiger partial charge in [-0.05, 0) is 75.5 Å². The second-order valence-electron chi connectivity index (χ2n) is 9.53. The molecule has 0 aromatic rings. The highest BCUT2D eigenvalue weighted by Crippen LogP contribution is 2.55. The Morgan fingerprint density at radius 3 is 2.71 bits per heavy atom. The first-order chi connectivity index (χ1) is 13.4. The van der Waals surface area contributed by atoms with E-state index in [1.165, 1.54) is 31.3 Å². The Labute approximate surface area is 176 Å². The zero-order valence-electron chi connectivity index (χ0n) is 18.2. The molecule has 2 N–H and O–H groups in total. The Bertz CT molecular complexity index is 628. The average molecular weight is 405 g/mol. The smallest absolute Gasteiger partial charge is 0.0732 e. The summed E-state index contributed by atoms with van der Waals surface area (Å²) in [5.74, 6) is 2.56. The number of hydrogen-bond donors (Lipinski definition) is 2. The van der Waals surface area contributed by atoms with Gasteiger partial charge in [0, 0.05) is 11.5 Å². The van der Waals surface area contributed by atoms with Gasteiger partial charge in [0.05, 0.1) is 11.7 Å². The molecule has 2 nitrogen and oxygen atoms in total. The summed E-state index contributed by atoms with van der Waals surface area (Å²) in [5.41, 5.74) is 4.47. The van der Waals surface area contributed by atoms with Crippen LogP contribution in [0.1, 0.15) is 85.0 Å². The summed E-state index contributed by atoms with van der Waals surface area (Å²) in [6.45, 7) is 6.66. The van der Waals surface area contributed by atoms with Crippen molar-refractivity contribution in [3.8, 4) is 0 Å². The van der Waals surface area contributed by atoms with E-state index >= 15 is 0 Å². The molecule has 28 heavy (non-hydrogen) atoms. The molecule has 0 radical (unpaired) electrons. The molecule has 0 amide bonds. The molecule has 0 heterocycles. The zero-order chi connectivity index (χ0) is 20.2. The summed E-state index contributed by atoms with van der Waals surface area (Å²) in [4.78, 5) is 0. The predicted octanol–water partition coefficient (Wildman–Crippen LogP) is 6.19. The third-order valence-electron chi connectivity index (χ3n) is 7.72. The van der Waals surface area contributed by atoms with Crippen molar-refractivity contribution in [2.45, 2.75) is 96.7 Å². The third kappa shape index (κ3) is 4.96. The molecule has 158 valence electrons. The fourth-order valence-electron chi connectivity index (χ4n) is 5.38. The van der Waals surface area contributed by atoms with Crippen LogP contribution in [0.3, 0.4) is 0 Å². The molecule has 3 unspecified atom stereocenters. The van der Waals surface area contributed by atoms with E-state index in [-0.39, 0.29) is 6.10 Å². The van der Waals surface area contributed by atoms with Crippen molar-refractivity contribution in [2.24, 2.45) is 11.3 Å². The summed E-state index contributed by atoms with van der Waals surface area (Å²) >= 11 is 1.92. The maximum Gasteiger partial charge on any atom is 0.0732 e. The van der Waals surface area contributed by atoms with Gasteiger partial charge in [-0.15, -0.1) is 0 Å². The second-order valence-corrected chi connectivity index (χ2v) is 10.5. The monoisotopic (exact) mass is 404 g/mol. The topological polar surface area (TPSA) is 40.5 Å². The molecule has 3 aliphatic carbocycles. The third-order valence-corrected chi connectivity index (χ3v) is 8.98. The van der Waals surface area contributed by atoms with Crippen LogP contribution in [0.15, 0.2) is 34.9 Å². The van der Waals surface area contributed by atoms with E-state index in [4.69, 9.17) is 0 Å². The first-order valence-electron chi connectivity index (χ1n) is 11.5. The van der Waals surface area contributed by atoms with Gasteiger partial charge in [-0.1, -0.05) is 55.7 Å². The quantitative estimate of drug-likeness (QED) is 0.497. The van der Waals surface area contributed by atoms with Crippen LogP contribution in [-0.4, -0.2) is 33.4 Å². The van der Waals surface area contributed by atoms with E-state index < -0.39 is 5.60 Å². The number of rotatable bonds is 7. The number of aliphatic hydroxyl groups excluding tert-OH is 1. The number of allylic oxidation sites excluding steroid dienone is 4. The van der Waals surface area contributed by atoms with Crippen LogP contribution >= 0.6 is 11.8 Å². The normalized spacial score (nSPS) is 34.0. The molecule has 0 bridgehead atoms. The number of thioether (sulfide) groups is 1. The van der Waals surface area contributed by atoms with Gasteiger partial charge in [0.1, 0.15) is 0 Å². The molecule has 0 aromatic heterocycles. The van der Waals surface area contributed by atoms with Gasteiger partial charge in [-0.3, -0.25) is 0 Å². The molecule has 2 saturated carbocycles. The minimum absolute atomic E-state index is 0.128. The summed E-state index contributed by atoms with van der Waals surface area (Å²) in [6.07, 6.45) is 17.9. The highest BCUT2D eigenvalue weighted by molar-refractivity contribution is 7.99. The van der Waals surface area contributed by atoms with Gasteiger partial charge in [0.25, 0.3) is 0 Å². The van der Waals surface area contributed by atoms with Crippen molar-refractivity contribution in [2.75, 3.05) is 11.5 Å². The van der Waals surface area contributed by atoms with Crippen LogP contribution < -0.4 is 0 Å². The van der Waals surface area contributed by atoms with Gasteiger partial charge >= 0.3 is 0 Å². The minimum atomic E-state index is -0.501. The Morgan fingerprint density at radius 1 is 1.21 bits per heavy atom. The number of hydrogen-bond acceptors (Lipinski definition) is 3. The van der Waals surface area contributed by atoms with Crippen molar-refractivity contribution >= 4 is 11.8 Å². The van der Waals surface area contributed by atoms with Crippen LogP contribution in [0.25, 0.3) is 0 Å². The molecule has 0 spiro atoms. The largest absolute Gasteiger partial charge is 0.393 e. The van der Waals surface area contributed by atoms with E-state index in [1.807, 2.05) is 11.8 Å². The van der Waals surface area contributed by atoms with Crippen molar-refractivity contribution in [1.29, 1.82) is 0 Å². The number of fused-ring (bicyclic) bond motifs is 1. The molecule has 2 fully saturated rings. The summed E-state index contributed by atoms with van der Waals surface area (Å²) < 4.78 is 0. The predicted molar refractivity (Wildman–Crippen MR) is 122 cm³/mol. The van der Waals surface area contributed by atoms with Crippen LogP contribution in [0.5, 0.6) is 0 Å². The minimum Gasteiger partial charge on any atom is -0.393 e. The highest BCUT2D eigenvalue weighted by atomic mass is 32.2. The lowest BCUT2D eigenvalue weighted by molar-refractivity contribution is 0.0572. The SMILES string of the molecule is CCC(O)(CC)CSCC1=CCC2/C(=C/C=C3/CCCC(O)C3)CCCC12C. The maximum absolute atomic E-state index is 10.6. The fourth-order valence-corrected chi connectivity index (χ4v) is 6.94. The lowest BCUT2D eigenvalue weighted by Gasteiger charge is -2.41. The van der Waals surface area contributed by atoms with Crippen LogP contribution in [0, 0.1) is 11.3 Å². The van der Waals surface area contributed by atoms with E-state index in [0.29, 0.717) is 11.3 Å². The molecule has 3 atom stereocenters. The van der Waals surface area contributed by atoms with E-state index in [0.717, 1.165) is 50.0 Å².